The summed E-state index contributed by atoms with van der Waals surface area (Å²) in [6, 6.07) is 15.5. The molecule has 3 heterocycles. The fourth-order valence-electron chi connectivity index (χ4n) is 3.50. The zero-order chi connectivity index (χ0) is 22.5. The lowest BCUT2D eigenvalue weighted by Gasteiger charge is -2.19. The number of pyridine rings is 1. The Morgan fingerprint density at radius 1 is 1.16 bits per heavy atom. The average Bonchev–Trinajstić information content (AvgIpc) is 3.23. The predicted octanol–water partition coefficient (Wildman–Crippen LogP) is 3.52. The van der Waals surface area contributed by atoms with Crippen molar-refractivity contribution in [2.24, 2.45) is 9.50 Å². The molecule has 0 spiro atoms. The minimum atomic E-state index is -4.05. The van der Waals surface area contributed by atoms with E-state index in [1.165, 1.54) is 23.6 Å². The van der Waals surface area contributed by atoms with Crippen LogP contribution in [0.5, 0.6) is 5.75 Å². The Labute approximate surface area is 186 Å². The van der Waals surface area contributed by atoms with Crippen LogP contribution in [0.25, 0.3) is 10.2 Å². The number of hydrogen-bond donors (Lipinski definition) is 2. The number of amidine groups is 1. The molecule has 0 bridgehead atoms. The van der Waals surface area contributed by atoms with Crippen LogP contribution < -0.4 is 10.9 Å². The summed E-state index contributed by atoms with van der Waals surface area (Å²) >= 11 is 1.21. The monoisotopic (exact) mass is 464 g/mol. The highest BCUT2D eigenvalue weighted by Gasteiger charge is 2.30. The normalized spacial score (nSPS) is 14.8. The number of hydrogen-bond acceptors (Lipinski definition) is 7. The van der Waals surface area contributed by atoms with E-state index in [-0.39, 0.29) is 27.7 Å². The van der Waals surface area contributed by atoms with Crippen LogP contribution in [0.15, 0.2) is 79.2 Å². The fraction of sp³-hybridized carbons (Fsp3) is 0.0455. The number of fused-ring (bicyclic) bond motifs is 2. The number of thiophene rings is 1. The van der Waals surface area contributed by atoms with Crippen LogP contribution in [0.3, 0.4) is 0 Å². The smallest absolute Gasteiger partial charge is 0.286 e. The van der Waals surface area contributed by atoms with Gasteiger partial charge in [-0.3, -0.25) is 4.79 Å². The third-order valence-electron chi connectivity index (χ3n) is 4.96. The van der Waals surface area contributed by atoms with Crippen molar-refractivity contribution in [3.8, 4) is 5.75 Å². The van der Waals surface area contributed by atoms with E-state index < -0.39 is 15.6 Å². The van der Waals surface area contributed by atoms with E-state index in [4.69, 9.17) is 0 Å². The molecule has 0 fully saturated rings. The van der Waals surface area contributed by atoms with E-state index in [0.29, 0.717) is 10.2 Å². The molecule has 160 valence electrons. The van der Waals surface area contributed by atoms with Crippen molar-refractivity contribution in [1.29, 1.82) is 0 Å². The number of anilines is 1. The number of aromatic nitrogens is 1. The molecular weight excluding hydrogens is 448 g/mol. The standard InChI is InChI=1S/C22H16N4O4S2/c1-13-5-4-6-14(11-13)12-23-26-16-9-10-31-20(16)19(27)18(22(26)28)21-24-15-7-2-3-8-17(15)32(29,30)25-21/h2-12,27H,1H3,(H,24,25)/b23-12+. The van der Waals surface area contributed by atoms with E-state index >= 15 is 0 Å². The number of sulfonamides is 1. The van der Waals surface area contributed by atoms with Crippen LogP contribution in [0.1, 0.15) is 16.7 Å². The number of rotatable bonds is 3. The van der Waals surface area contributed by atoms with Crippen molar-refractivity contribution >= 4 is 49.3 Å². The molecule has 0 unspecified atom stereocenters. The molecule has 0 amide bonds. The lowest BCUT2D eigenvalue weighted by Crippen LogP contribution is -2.31. The highest BCUT2D eigenvalue weighted by Crippen LogP contribution is 2.34. The Kier molecular flexibility index (Phi) is 4.68. The van der Waals surface area contributed by atoms with Gasteiger partial charge in [-0.1, -0.05) is 42.0 Å². The maximum absolute atomic E-state index is 13.4. The van der Waals surface area contributed by atoms with Gasteiger partial charge in [0.25, 0.3) is 15.6 Å². The fourth-order valence-corrected chi connectivity index (χ4v) is 5.45. The topological polar surface area (TPSA) is 113 Å². The number of nitrogens with zero attached hydrogens (tertiary/aromatic N) is 3. The van der Waals surface area contributed by atoms with Crippen molar-refractivity contribution in [1.82, 2.24) is 4.68 Å². The lowest BCUT2D eigenvalue weighted by atomic mass is 10.2. The van der Waals surface area contributed by atoms with Gasteiger partial charge in [0.05, 0.1) is 22.1 Å². The molecule has 8 nitrogen and oxygen atoms in total. The number of para-hydroxylation sites is 1. The molecule has 2 aromatic carbocycles. The molecule has 32 heavy (non-hydrogen) atoms. The van der Waals surface area contributed by atoms with Gasteiger partial charge in [-0.05, 0) is 36.1 Å². The van der Waals surface area contributed by atoms with Crippen LogP contribution in [0.4, 0.5) is 5.69 Å². The van der Waals surface area contributed by atoms with Crippen LogP contribution in [-0.2, 0) is 10.0 Å². The zero-order valence-corrected chi connectivity index (χ0v) is 18.3. The van der Waals surface area contributed by atoms with E-state index in [1.807, 2.05) is 31.2 Å². The van der Waals surface area contributed by atoms with Gasteiger partial charge in [-0.25, -0.2) is 0 Å². The zero-order valence-electron chi connectivity index (χ0n) is 16.7. The summed E-state index contributed by atoms with van der Waals surface area (Å²) in [5.41, 5.74) is 1.55. The predicted molar refractivity (Wildman–Crippen MR) is 126 cm³/mol. The quantitative estimate of drug-likeness (QED) is 0.451. The van der Waals surface area contributed by atoms with E-state index in [0.717, 1.165) is 15.8 Å². The van der Waals surface area contributed by atoms with Gasteiger partial charge >= 0.3 is 0 Å². The lowest BCUT2D eigenvalue weighted by molar-refractivity contribution is 0.479. The van der Waals surface area contributed by atoms with Crippen LogP contribution >= 0.6 is 11.3 Å². The summed E-state index contributed by atoms with van der Waals surface area (Å²) in [5, 5.41) is 19.8. The van der Waals surface area contributed by atoms with Gasteiger partial charge in [0.2, 0.25) is 0 Å². The van der Waals surface area contributed by atoms with Crippen molar-refractivity contribution in [2.75, 3.05) is 5.32 Å². The van der Waals surface area contributed by atoms with Gasteiger partial charge in [0.15, 0.2) is 11.6 Å². The van der Waals surface area contributed by atoms with Gasteiger partial charge in [-0.15, -0.1) is 15.7 Å². The molecule has 5 rings (SSSR count). The summed E-state index contributed by atoms with van der Waals surface area (Å²) < 4.78 is 30.6. The van der Waals surface area contributed by atoms with Crippen molar-refractivity contribution in [2.45, 2.75) is 11.8 Å². The summed E-state index contributed by atoms with van der Waals surface area (Å²) in [7, 11) is -4.05. The maximum atomic E-state index is 13.4. The maximum Gasteiger partial charge on any atom is 0.286 e. The molecule has 2 aromatic heterocycles. The summed E-state index contributed by atoms with van der Waals surface area (Å²) in [6.45, 7) is 1.95. The van der Waals surface area contributed by atoms with E-state index in [1.54, 1.807) is 29.6 Å². The Morgan fingerprint density at radius 3 is 2.78 bits per heavy atom. The molecule has 1 aliphatic rings. The molecule has 0 radical (unpaired) electrons. The molecular formula is C22H16N4O4S2. The highest BCUT2D eigenvalue weighted by molar-refractivity contribution is 7.90. The third-order valence-corrected chi connectivity index (χ3v) is 7.21. The largest absolute Gasteiger partial charge is 0.505 e. The van der Waals surface area contributed by atoms with Crippen molar-refractivity contribution in [3.63, 3.8) is 0 Å². The molecule has 4 aromatic rings. The Bertz CT molecular complexity index is 1610. The molecule has 10 heteroatoms. The van der Waals surface area contributed by atoms with Crippen molar-refractivity contribution < 1.29 is 13.5 Å². The molecule has 0 saturated heterocycles. The van der Waals surface area contributed by atoms with Crippen LogP contribution in [0, 0.1) is 6.92 Å². The second-order valence-corrected chi connectivity index (χ2v) is 9.66. The molecule has 2 N–H and O–H groups in total. The molecule has 0 aliphatic carbocycles. The van der Waals surface area contributed by atoms with Gasteiger partial charge in [0.1, 0.15) is 10.5 Å². The molecule has 0 atom stereocenters. The number of benzene rings is 2. The minimum absolute atomic E-state index is 0.00163. The second-order valence-electron chi connectivity index (χ2n) is 7.17. The first-order valence-electron chi connectivity index (χ1n) is 9.53. The first kappa shape index (κ1) is 20.2. The highest BCUT2D eigenvalue weighted by atomic mass is 32.2. The van der Waals surface area contributed by atoms with Crippen LogP contribution in [-0.4, -0.2) is 30.3 Å². The third kappa shape index (κ3) is 3.29. The molecule has 1 aliphatic heterocycles. The van der Waals surface area contributed by atoms with Crippen LogP contribution in [0.2, 0.25) is 0 Å². The van der Waals surface area contributed by atoms with Gasteiger partial charge in [-0.2, -0.15) is 18.2 Å². The van der Waals surface area contributed by atoms with E-state index in [9.17, 15) is 18.3 Å². The first-order valence-corrected chi connectivity index (χ1v) is 11.8. The minimum Gasteiger partial charge on any atom is -0.505 e. The van der Waals surface area contributed by atoms with Gasteiger partial charge < -0.3 is 10.4 Å². The SMILES string of the molecule is Cc1cccc(/C=N/n2c(=O)c(C3=NS(=O)(=O)c4ccccc4N3)c(O)c3sccc32)c1. The van der Waals surface area contributed by atoms with Crippen molar-refractivity contribution in [3.05, 3.63) is 87.0 Å². The Morgan fingerprint density at radius 2 is 1.97 bits per heavy atom. The Hall–Kier alpha value is -3.76. The average molecular weight is 465 g/mol. The second kappa shape index (κ2) is 7.43. The summed E-state index contributed by atoms with van der Waals surface area (Å²) in [5.74, 6) is -0.594. The summed E-state index contributed by atoms with van der Waals surface area (Å²) in [6.07, 6.45) is 1.54. The molecule has 0 saturated carbocycles. The summed E-state index contributed by atoms with van der Waals surface area (Å²) in [4.78, 5) is 13.4. The Balaban J connectivity index is 1.72. The number of aryl methyl sites for hydroxylation is 1. The number of aromatic hydroxyl groups is 1. The first-order chi connectivity index (χ1) is 15.3. The van der Waals surface area contributed by atoms with Gasteiger partial charge in [0, 0.05) is 0 Å². The van der Waals surface area contributed by atoms with E-state index in [2.05, 4.69) is 14.8 Å². The number of nitrogens with one attached hydrogen (secondary N) is 1.